The van der Waals surface area contributed by atoms with Crippen molar-refractivity contribution in [3.63, 3.8) is 0 Å². The molecule has 1 aromatic carbocycles. The molecule has 0 spiro atoms. The molecule has 6 nitrogen and oxygen atoms in total. The van der Waals surface area contributed by atoms with E-state index in [2.05, 4.69) is 22.0 Å². The molecule has 2 atom stereocenters. The van der Waals surface area contributed by atoms with Crippen molar-refractivity contribution >= 4 is 12.4 Å². The first-order chi connectivity index (χ1) is 15.8. The first-order valence-corrected chi connectivity index (χ1v) is 12.0. The van der Waals surface area contributed by atoms with Gasteiger partial charge in [-0.2, -0.15) is 0 Å². The van der Waals surface area contributed by atoms with Crippen LogP contribution in [-0.4, -0.2) is 56.2 Å². The number of piperidine rings is 1. The summed E-state index contributed by atoms with van der Waals surface area (Å²) in [6.07, 6.45) is 6.50. The maximum Gasteiger partial charge on any atom is 0.293 e. The molecular formula is C25H36F2N2O4. The van der Waals surface area contributed by atoms with Gasteiger partial charge in [0.15, 0.2) is 0 Å². The number of nitrogens with zero attached hydrogens (tertiary/aromatic N) is 1. The molecule has 3 aliphatic rings. The van der Waals surface area contributed by atoms with Crippen LogP contribution in [0.3, 0.4) is 0 Å². The lowest BCUT2D eigenvalue weighted by Gasteiger charge is -2.29. The van der Waals surface area contributed by atoms with Crippen LogP contribution in [0.2, 0.25) is 0 Å². The van der Waals surface area contributed by atoms with Gasteiger partial charge in [-0.25, -0.2) is 8.78 Å². The van der Waals surface area contributed by atoms with Crippen molar-refractivity contribution in [1.29, 1.82) is 0 Å². The molecule has 2 unspecified atom stereocenters. The SMILES string of the molecule is CC(C)OC=O.CN1CCC(C2CC2CCOc2cc(F)c(C(=O)NC3CC3)c(F)c2)CC1. The van der Waals surface area contributed by atoms with Crippen molar-refractivity contribution in [3.05, 3.63) is 29.3 Å². The summed E-state index contributed by atoms with van der Waals surface area (Å²) in [5.74, 6) is 0.0475. The van der Waals surface area contributed by atoms with Crippen molar-refractivity contribution in [1.82, 2.24) is 10.2 Å². The van der Waals surface area contributed by atoms with Gasteiger partial charge in [0.05, 0.1) is 12.7 Å². The van der Waals surface area contributed by atoms with Gasteiger partial charge in [0.1, 0.15) is 22.9 Å². The quantitative estimate of drug-likeness (QED) is 0.554. The zero-order chi connectivity index (χ0) is 24.0. The summed E-state index contributed by atoms with van der Waals surface area (Å²) in [5.41, 5.74) is -0.515. The van der Waals surface area contributed by atoms with E-state index < -0.39 is 23.1 Å². The third-order valence-corrected chi connectivity index (χ3v) is 6.59. The lowest BCUT2D eigenvalue weighted by molar-refractivity contribution is -0.131. The van der Waals surface area contributed by atoms with E-state index in [1.807, 2.05) is 0 Å². The van der Waals surface area contributed by atoms with Crippen LogP contribution in [0, 0.1) is 29.4 Å². The van der Waals surface area contributed by atoms with Crippen LogP contribution in [0.15, 0.2) is 12.1 Å². The van der Waals surface area contributed by atoms with E-state index in [0.717, 1.165) is 43.2 Å². The number of benzene rings is 1. The zero-order valence-corrected chi connectivity index (χ0v) is 19.8. The summed E-state index contributed by atoms with van der Waals surface area (Å²) in [4.78, 5) is 23.7. The van der Waals surface area contributed by atoms with Crippen molar-refractivity contribution in [2.24, 2.45) is 17.8 Å². The molecule has 3 fully saturated rings. The summed E-state index contributed by atoms with van der Waals surface area (Å²) >= 11 is 0. The highest BCUT2D eigenvalue weighted by Gasteiger charge is 2.42. The fraction of sp³-hybridized carbons (Fsp3) is 0.680. The highest BCUT2D eigenvalue weighted by atomic mass is 19.1. The van der Waals surface area contributed by atoms with E-state index in [1.165, 1.54) is 32.4 Å². The van der Waals surface area contributed by atoms with E-state index in [-0.39, 0.29) is 17.9 Å². The average molecular weight is 467 g/mol. The van der Waals surface area contributed by atoms with Crippen molar-refractivity contribution in [2.45, 2.75) is 64.5 Å². The van der Waals surface area contributed by atoms with Crippen molar-refractivity contribution < 1.29 is 27.8 Å². The molecule has 1 saturated heterocycles. The molecule has 4 rings (SSSR count). The predicted octanol–water partition coefficient (Wildman–Crippen LogP) is 4.17. The Balaban J connectivity index is 0.000000454. The number of hydrogen-bond donors (Lipinski definition) is 1. The van der Waals surface area contributed by atoms with Crippen molar-refractivity contribution in [3.8, 4) is 5.75 Å². The van der Waals surface area contributed by atoms with Gasteiger partial charge in [-0.1, -0.05) is 0 Å². The highest BCUT2D eigenvalue weighted by Crippen LogP contribution is 2.49. The molecule has 1 heterocycles. The van der Waals surface area contributed by atoms with Gasteiger partial charge in [0.2, 0.25) is 0 Å². The number of halogens is 2. The summed E-state index contributed by atoms with van der Waals surface area (Å²) < 4.78 is 38.3. The monoisotopic (exact) mass is 466 g/mol. The second-order valence-electron chi connectivity index (χ2n) is 9.73. The van der Waals surface area contributed by atoms with Crippen molar-refractivity contribution in [2.75, 3.05) is 26.7 Å². The summed E-state index contributed by atoms with van der Waals surface area (Å²) in [6, 6.07) is 2.29. The minimum absolute atomic E-state index is 0.0301. The van der Waals surface area contributed by atoms with E-state index >= 15 is 0 Å². The Morgan fingerprint density at radius 3 is 2.33 bits per heavy atom. The van der Waals surface area contributed by atoms with Gasteiger partial charge in [0, 0.05) is 18.2 Å². The number of likely N-dealkylation sites (tertiary alicyclic amines) is 1. The predicted molar refractivity (Wildman–Crippen MR) is 121 cm³/mol. The Hall–Kier alpha value is -2.22. The Morgan fingerprint density at radius 2 is 1.82 bits per heavy atom. The maximum atomic E-state index is 14.2. The molecule has 1 amide bonds. The molecule has 8 heteroatoms. The molecule has 0 radical (unpaired) electrons. The second-order valence-corrected chi connectivity index (χ2v) is 9.73. The van der Waals surface area contributed by atoms with Crippen LogP contribution in [-0.2, 0) is 9.53 Å². The molecule has 2 saturated carbocycles. The molecule has 184 valence electrons. The number of ether oxygens (including phenoxy) is 2. The Bertz CT molecular complexity index is 785. The molecule has 2 aliphatic carbocycles. The van der Waals surface area contributed by atoms with Gasteiger partial charge in [-0.15, -0.1) is 0 Å². The fourth-order valence-electron chi connectivity index (χ4n) is 4.41. The van der Waals surface area contributed by atoms with Crippen LogP contribution < -0.4 is 10.1 Å². The Labute approximate surface area is 195 Å². The lowest BCUT2D eigenvalue weighted by Crippen LogP contribution is -2.31. The summed E-state index contributed by atoms with van der Waals surface area (Å²) in [7, 11) is 2.17. The molecule has 0 aromatic heterocycles. The van der Waals surface area contributed by atoms with Crippen LogP contribution >= 0.6 is 0 Å². The van der Waals surface area contributed by atoms with E-state index in [0.29, 0.717) is 19.0 Å². The molecule has 1 aromatic rings. The normalized spacial score (nSPS) is 22.8. The van der Waals surface area contributed by atoms with E-state index in [4.69, 9.17) is 4.74 Å². The van der Waals surface area contributed by atoms with E-state index in [1.54, 1.807) is 13.8 Å². The molecule has 1 N–H and O–H groups in total. The van der Waals surface area contributed by atoms with Crippen LogP contribution in [0.4, 0.5) is 8.78 Å². The molecule has 0 bridgehead atoms. The molecular weight excluding hydrogens is 430 g/mol. The standard InChI is InChI=1S/C21H28F2N2O2.C4H8O2/c1-25-7-4-13(5-8-25)17-10-14(17)6-9-27-16-11-18(22)20(19(23)12-16)21(26)24-15-2-3-15;1-4(2)6-3-5/h11-15,17H,2-10H2,1H3,(H,24,26);3-4H,1-2H3. The van der Waals surface area contributed by atoms with Gasteiger partial charge >= 0.3 is 0 Å². The van der Waals surface area contributed by atoms with Gasteiger partial charge < -0.3 is 19.7 Å². The second kappa shape index (κ2) is 11.8. The van der Waals surface area contributed by atoms with Gasteiger partial charge in [-0.3, -0.25) is 9.59 Å². The van der Waals surface area contributed by atoms with Crippen LogP contribution in [0.5, 0.6) is 5.75 Å². The molecule has 1 aliphatic heterocycles. The first kappa shape index (κ1) is 25.4. The average Bonchev–Trinajstić information content (AvgIpc) is 3.66. The van der Waals surface area contributed by atoms with Gasteiger partial charge in [0.25, 0.3) is 12.4 Å². The number of nitrogens with one attached hydrogen (secondary N) is 1. The Kier molecular flexibility index (Phi) is 9.06. The number of amides is 1. The van der Waals surface area contributed by atoms with Crippen LogP contribution in [0.1, 0.15) is 62.7 Å². The largest absolute Gasteiger partial charge is 0.493 e. The Morgan fingerprint density at radius 1 is 1.18 bits per heavy atom. The minimum Gasteiger partial charge on any atom is -0.493 e. The van der Waals surface area contributed by atoms with E-state index in [9.17, 15) is 18.4 Å². The fourth-order valence-corrected chi connectivity index (χ4v) is 4.41. The van der Waals surface area contributed by atoms with Crippen LogP contribution in [0.25, 0.3) is 0 Å². The highest BCUT2D eigenvalue weighted by molar-refractivity contribution is 5.95. The lowest BCUT2D eigenvalue weighted by atomic mass is 9.91. The topological polar surface area (TPSA) is 67.9 Å². The number of rotatable bonds is 9. The number of carbonyl (C=O) groups excluding carboxylic acids is 2. The number of carbonyl (C=O) groups is 2. The smallest absolute Gasteiger partial charge is 0.293 e. The minimum atomic E-state index is -0.862. The third kappa shape index (κ3) is 7.95. The third-order valence-electron chi connectivity index (χ3n) is 6.59. The number of hydrogen-bond acceptors (Lipinski definition) is 5. The first-order valence-electron chi connectivity index (χ1n) is 12.0. The van der Waals surface area contributed by atoms with Gasteiger partial charge in [-0.05, 0) is 90.3 Å². The maximum absolute atomic E-state index is 14.2. The summed E-state index contributed by atoms with van der Waals surface area (Å²) in [5, 5.41) is 2.61. The zero-order valence-electron chi connectivity index (χ0n) is 19.8. The molecule has 33 heavy (non-hydrogen) atoms. The summed E-state index contributed by atoms with van der Waals surface area (Å²) in [6.45, 7) is 6.88.